The lowest BCUT2D eigenvalue weighted by molar-refractivity contribution is 0.434. The van der Waals surface area contributed by atoms with Crippen LogP contribution < -0.4 is 4.90 Å². The molecule has 1 saturated heterocycles. The van der Waals surface area contributed by atoms with Gasteiger partial charge in [-0.3, -0.25) is 0 Å². The molecule has 0 aliphatic carbocycles. The normalized spacial score (nSPS) is 17.2. The summed E-state index contributed by atoms with van der Waals surface area (Å²) in [5.74, 6) is -0.623. The van der Waals surface area contributed by atoms with E-state index in [0.29, 0.717) is 30.3 Å². The van der Waals surface area contributed by atoms with Crippen molar-refractivity contribution >= 4 is 36.9 Å². The molecule has 0 saturated carbocycles. The summed E-state index contributed by atoms with van der Waals surface area (Å²) in [6.07, 6.45) is 1.58. The molecule has 0 spiro atoms. The van der Waals surface area contributed by atoms with E-state index in [4.69, 9.17) is 0 Å². The first-order valence-electron chi connectivity index (χ1n) is 7.98. The summed E-state index contributed by atoms with van der Waals surface area (Å²) in [5, 5.41) is 1.72. The van der Waals surface area contributed by atoms with Crippen LogP contribution in [0.2, 0.25) is 0 Å². The highest BCUT2D eigenvalue weighted by Gasteiger charge is 2.28. The van der Waals surface area contributed by atoms with Crippen molar-refractivity contribution in [2.24, 2.45) is 0 Å². The molecule has 0 bridgehead atoms. The van der Waals surface area contributed by atoms with Gasteiger partial charge in [0.2, 0.25) is 0 Å². The summed E-state index contributed by atoms with van der Waals surface area (Å²) in [7, 11) is -7.01. The summed E-state index contributed by atoms with van der Waals surface area (Å²) in [4.78, 5) is 1.68. The Bertz CT molecular complexity index is 989. The van der Waals surface area contributed by atoms with Gasteiger partial charge in [-0.25, -0.2) is 21.2 Å². The molecule has 10 heteroatoms. The molecule has 2 heterocycles. The Morgan fingerprint density at radius 2 is 1.81 bits per heavy atom. The Labute approximate surface area is 156 Å². The van der Waals surface area contributed by atoms with Gasteiger partial charge in [0.1, 0.15) is 10.0 Å². The fraction of sp³-hybridized carbons (Fsp3) is 0.375. The smallest absolute Gasteiger partial charge is 0.252 e. The monoisotopic (exact) mass is 418 g/mol. The van der Waals surface area contributed by atoms with Crippen molar-refractivity contribution in [3.8, 4) is 0 Å². The zero-order chi connectivity index (χ0) is 18.9. The number of halogens is 1. The first kappa shape index (κ1) is 19.3. The van der Waals surface area contributed by atoms with Crippen LogP contribution in [0.4, 0.5) is 10.1 Å². The van der Waals surface area contributed by atoms with E-state index in [1.165, 1.54) is 27.8 Å². The highest BCUT2D eigenvalue weighted by molar-refractivity contribution is 7.91. The first-order valence-corrected chi connectivity index (χ1v) is 12.2. The molecule has 6 nitrogen and oxygen atoms in total. The van der Waals surface area contributed by atoms with E-state index >= 15 is 0 Å². The van der Waals surface area contributed by atoms with E-state index in [1.54, 1.807) is 22.4 Å². The molecule has 0 N–H and O–H groups in total. The van der Waals surface area contributed by atoms with Gasteiger partial charge in [-0.15, -0.1) is 11.3 Å². The minimum absolute atomic E-state index is 0.0736. The van der Waals surface area contributed by atoms with Gasteiger partial charge >= 0.3 is 0 Å². The van der Waals surface area contributed by atoms with E-state index < -0.39 is 25.7 Å². The molecule has 0 atom stereocenters. The van der Waals surface area contributed by atoms with Crippen LogP contribution >= 0.6 is 11.3 Å². The molecule has 142 valence electrons. The van der Waals surface area contributed by atoms with Crippen molar-refractivity contribution in [2.45, 2.75) is 15.5 Å². The second kappa shape index (κ2) is 7.26. The van der Waals surface area contributed by atoms with E-state index in [0.717, 1.165) is 12.3 Å². The lowest BCUT2D eigenvalue weighted by Crippen LogP contribution is -2.35. The summed E-state index contributed by atoms with van der Waals surface area (Å²) < 4.78 is 64.5. The van der Waals surface area contributed by atoms with Crippen LogP contribution in [0, 0.1) is 5.82 Å². The van der Waals surface area contributed by atoms with Crippen LogP contribution in [0.5, 0.6) is 0 Å². The zero-order valence-corrected chi connectivity index (χ0v) is 16.6. The number of hydrogen-bond donors (Lipinski definition) is 0. The maximum absolute atomic E-state index is 14.4. The van der Waals surface area contributed by atoms with Crippen LogP contribution in [0.15, 0.2) is 44.8 Å². The van der Waals surface area contributed by atoms with Crippen molar-refractivity contribution in [2.75, 3.05) is 37.3 Å². The standard InChI is InChI=1S/C16H19FN2O4S3/c1-25(20,21)13-5-6-15(14(17)12-13)18-7-3-8-19(10-9-18)26(22,23)16-4-2-11-24-16/h2,4-6,11-12H,3,7-10H2,1H3. The summed E-state index contributed by atoms with van der Waals surface area (Å²) in [6, 6.07) is 7.09. The first-order chi connectivity index (χ1) is 12.2. The molecule has 0 unspecified atom stereocenters. The fourth-order valence-electron chi connectivity index (χ4n) is 2.89. The van der Waals surface area contributed by atoms with Gasteiger partial charge in [0.25, 0.3) is 10.0 Å². The van der Waals surface area contributed by atoms with E-state index in [2.05, 4.69) is 0 Å². The van der Waals surface area contributed by atoms with Crippen molar-refractivity contribution in [3.05, 3.63) is 41.5 Å². The molecule has 3 rings (SSSR count). The van der Waals surface area contributed by atoms with Gasteiger partial charge in [0, 0.05) is 32.4 Å². The SMILES string of the molecule is CS(=O)(=O)c1ccc(N2CCCN(S(=O)(=O)c3cccs3)CC2)c(F)c1. The predicted molar refractivity (Wildman–Crippen MR) is 99.4 cm³/mol. The average molecular weight is 419 g/mol. The molecular weight excluding hydrogens is 399 g/mol. The number of anilines is 1. The molecule has 1 fully saturated rings. The lowest BCUT2D eigenvalue weighted by atomic mass is 10.2. The van der Waals surface area contributed by atoms with E-state index in [9.17, 15) is 21.2 Å². The summed E-state index contributed by atoms with van der Waals surface area (Å²) >= 11 is 1.17. The number of hydrogen-bond acceptors (Lipinski definition) is 6. The maximum Gasteiger partial charge on any atom is 0.252 e. The molecule has 1 aromatic carbocycles. The van der Waals surface area contributed by atoms with Gasteiger partial charge in [0.05, 0.1) is 10.6 Å². The topological polar surface area (TPSA) is 74.8 Å². The van der Waals surface area contributed by atoms with Crippen LogP contribution in [0.1, 0.15) is 6.42 Å². The third-order valence-corrected chi connectivity index (χ3v) is 8.61. The third-order valence-electron chi connectivity index (χ3n) is 4.23. The van der Waals surface area contributed by atoms with Gasteiger partial charge in [-0.1, -0.05) is 6.07 Å². The van der Waals surface area contributed by atoms with Gasteiger partial charge in [-0.05, 0) is 36.1 Å². The molecular formula is C16H19FN2O4S3. The van der Waals surface area contributed by atoms with Crippen LogP contribution in [0.3, 0.4) is 0 Å². The molecule has 0 amide bonds. The largest absolute Gasteiger partial charge is 0.368 e. The molecule has 1 aliphatic heterocycles. The minimum Gasteiger partial charge on any atom is -0.368 e. The predicted octanol–water partition coefficient (Wildman–Crippen LogP) is 2.19. The number of thiophene rings is 1. The number of benzene rings is 1. The molecule has 0 radical (unpaired) electrons. The van der Waals surface area contributed by atoms with Crippen LogP contribution in [-0.4, -0.2) is 53.6 Å². The Morgan fingerprint density at radius 1 is 1.04 bits per heavy atom. The second-order valence-electron chi connectivity index (χ2n) is 6.06. The van der Waals surface area contributed by atoms with E-state index in [-0.39, 0.29) is 17.1 Å². The Kier molecular flexibility index (Phi) is 5.38. The van der Waals surface area contributed by atoms with Gasteiger partial charge in [-0.2, -0.15) is 4.31 Å². The maximum atomic E-state index is 14.4. The third kappa shape index (κ3) is 3.93. The Hall–Kier alpha value is -1.49. The van der Waals surface area contributed by atoms with Crippen molar-refractivity contribution in [1.29, 1.82) is 0 Å². The van der Waals surface area contributed by atoms with Gasteiger partial charge < -0.3 is 4.90 Å². The van der Waals surface area contributed by atoms with Crippen LogP contribution in [0.25, 0.3) is 0 Å². The lowest BCUT2D eigenvalue weighted by Gasteiger charge is -2.24. The van der Waals surface area contributed by atoms with Crippen molar-refractivity contribution in [3.63, 3.8) is 0 Å². The Morgan fingerprint density at radius 3 is 2.42 bits per heavy atom. The van der Waals surface area contributed by atoms with E-state index in [1.807, 2.05) is 0 Å². The van der Waals surface area contributed by atoms with Crippen molar-refractivity contribution in [1.82, 2.24) is 4.31 Å². The quantitative estimate of drug-likeness (QED) is 0.761. The summed E-state index contributed by atoms with van der Waals surface area (Å²) in [5.41, 5.74) is 0.285. The molecule has 1 aromatic heterocycles. The van der Waals surface area contributed by atoms with Crippen molar-refractivity contribution < 1.29 is 21.2 Å². The molecule has 26 heavy (non-hydrogen) atoms. The number of rotatable bonds is 4. The van der Waals surface area contributed by atoms with Gasteiger partial charge in [0.15, 0.2) is 9.84 Å². The second-order valence-corrected chi connectivity index (χ2v) is 11.2. The average Bonchev–Trinajstić information content (AvgIpc) is 3.00. The fourth-order valence-corrected chi connectivity index (χ4v) is 6.13. The number of sulfone groups is 1. The Balaban J connectivity index is 1.79. The number of sulfonamides is 1. The highest BCUT2D eigenvalue weighted by atomic mass is 32.2. The van der Waals surface area contributed by atoms with Crippen LogP contribution in [-0.2, 0) is 19.9 Å². The summed E-state index contributed by atoms with van der Waals surface area (Å²) in [6.45, 7) is 1.43. The minimum atomic E-state index is -3.53. The number of nitrogens with zero attached hydrogens (tertiary/aromatic N) is 2. The zero-order valence-electron chi connectivity index (χ0n) is 14.1. The molecule has 1 aliphatic rings. The molecule has 2 aromatic rings. The highest BCUT2D eigenvalue weighted by Crippen LogP contribution is 2.26.